The summed E-state index contributed by atoms with van der Waals surface area (Å²) in [6.45, 7) is 17.1. The molecule has 0 aromatic heterocycles. The van der Waals surface area contributed by atoms with Crippen LogP contribution in [-0.4, -0.2) is 85.0 Å². The molecule has 0 unspecified atom stereocenters. The first-order chi connectivity index (χ1) is 13.3. The Balaban J connectivity index is 1.37. The molecule has 162 valence electrons. The van der Waals surface area contributed by atoms with E-state index in [1.807, 2.05) is 0 Å². The predicted octanol–water partition coefficient (Wildman–Crippen LogP) is 2.81. The summed E-state index contributed by atoms with van der Waals surface area (Å²) in [5.74, 6) is 1.09. The van der Waals surface area contributed by atoms with Gasteiger partial charge < -0.3 is 15.1 Å². The highest BCUT2D eigenvalue weighted by Crippen LogP contribution is 2.44. The van der Waals surface area contributed by atoms with Crippen molar-refractivity contribution in [3.63, 3.8) is 0 Å². The summed E-state index contributed by atoms with van der Waals surface area (Å²) in [5.41, 5.74) is 0.522. The van der Waals surface area contributed by atoms with E-state index in [1.54, 1.807) is 0 Å². The van der Waals surface area contributed by atoms with E-state index in [1.165, 1.54) is 45.1 Å². The first-order valence-corrected chi connectivity index (χ1v) is 11.8. The van der Waals surface area contributed by atoms with Gasteiger partial charge in [0.2, 0.25) is 5.91 Å². The van der Waals surface area contributed by atoms with Crippen molar-refractivity contribution in [1.29, 1.82) is 0 Å². The Morgan fingerprint density at radius 1 is 0.893 bits per heavy atom. The number of piperazine rings is 1. The first kappa shape index (κ1) is 22.0. The molecule has 1 saturated carbocycles. The molecular weight excluding hydrogens is 348 g/mol. The van der Waals surface area contributed by atoms with Crippen LogP contribution in [0.5, 0.6) is 0 Å². The minimum Gasteiger partial charge on any atom is -0.342 e. The fraction of sp³-hybridized carbons (Fsp3) is 0.957. The summed E-state index contributed by atoms with van der Waals surface area (Å²) in [4.78, 5) is 19.9. The number of likely N-dealkylation sites (tertiary alicyclic amines) is 1. The number of amides is 1. The minimum absolute atomic E-state index is 0.363. The zero-order chi connectivity index (χ0) is 20.1. The summed E-state index contributed by atoms with van der Waals surface area (Å²) in [5, 5.41) is 3.72. The third-order valence-electron chi connectivity index (χ3n) is 7.24. The molecule has 3 rings (SSSR count). The molecule has 2 heterocycles. The van der Waals surface area contributed by atoms with Gasteiger partial charge in [-0.1, -0.05) is 27.7 Å². The number of hydrogen-bond donors (Lipinski definition) is 1. The standard InChI is InChI=1S/C23H44N4O/c1-19(2)17-25-13-15-26(16-14-25)18-22(28)27-11-9-23(10-12-27)7-5-21(6-8-23)24-20(3)4/h19-21,24H,5-18H2,1-4H3. The molecule has 0 atom stereocenters. The van der Waals surface area contributed by atoms with Gasteiger partial charge in [-0.2, -0.15) is 0 Å². The lowest BCUT2D eigenvalue weighted by Crippen LogP contribution is -2.52. The van der Waals surface area contributed by atoms with Gasteiger partial charge in [-0.05, 0) is 49.9 Å². The highest BCUT2D eigenvalue weighted by atomic mass is 16.2. The van der Waals surface area contributed by atoms with Crippen LogP contribution < -0.4 is 5.32 Å². The number of carbonyl (C=O) groups excluding carboxylic acids is 1. The number of carbonyl (C=O) groups is 1. The predicted molar refractivity (Wildman–Crippen MR) is 116 cm³/mol. The van der Waals surface area contributed by atoms with Gasteiger partial charge in [0.05, 0.1) is 6.54 Å². The van der Waals surface area contributed by atoms with E-state index in [2.05, 4.69) is 47.7 Å². The van der Waals surface area contributed by atoms with Gasteiger partial charge in [-0.3, -0.25) is 9.69 Å². The summed E-state index contributed by atoms with van der Waals surface area (Å²) in [6, 6.07) is 1.30. The quantitative estimate of drug-likeness (QED) is 0.754. The Kier molecular flexibility index (Phi) is 7.80. The Morgan fingerprint density at radius 2 is 1.46 bits per heavy atom. The normalized spacial score (nSPS) is 25.1. The molecule has 3 fully saturated rings. The van der Waals surface area contributed by atoms with Crippen molar-refractivity contribution in [3.8, 4) is 0 Å². The molecule has 0 aromatic rings. The van der Waals surface area contributed by atoms with Crippen LogP contribution in [0.2, 0.25) is 0 Å². The highest BCUT2D eigenvalue weighted by Gasteiger charge is 2.39. The topological polar surface area (TPSA) is 38.8 Å². The van der Waals surface area contributed by atoms with Crippen molar-refractivity contribution in [2.75, 3.05) is 52.4 Å². The van der Waals surface area contributed by atoms with Crippen LogP contribution in [-0.2, 0) is 4.79 Å². The maximum Gasteiger partial charge on any atom is 0.236 e. The van der Waals surface area contributed by atoms with E-state index in [9.17, 15) is 4.79 Å². The van der Waals surface area contributed by atoms with Gasteiger partial charge in [0.15, 0.2) is 0 Å². The lowest BCUT2D eigenvalue weighted by molar-refractivity contribution is -0.135. The zero-order valence-electron chi connectivity index (χ0n) is 18.9. The molecule has 0 bridgehead atoms. The van der Waals surface area contributed by atoms with Crippen molar-refractivity contribution < 1.29 is 4.79 Å². The number of nitrogens with zero attached hydrogens (tertiary/aromatic N) is 3. The second kappa shape index (κ2) is 9.90. The van der Waals surface area contributed by atoms with E-state index >= 15 is 0 Å². The molecular formula is C23H44N4O. The summed E-state index contributed by atoms with van der Waals surface area (Å²) >= 11 is 0. The zero-order valence-corrected chi connectivity index (χ0v) is 18.9. The van der Waals surface area contributed by atoms with Crippen LogP contribution in [0, 0.1) is 11.3 Å². The van der Waals surface area contributed by atoms with Gasteiger partial charge in [0.25, 0.3) is 0 Å². The molecule has 3 aliphatic rings. The Morgan fingerprint density at radius 3 is 2.00 bits per heavy atom. The third-order valence-corrected chi connectivity index (χ3v) is 7.24. The number of nitrogens with one attached hydrogen (secondary N) is 1. The van der Waals surface area contributed by atoms with Crippen molar-refractivity contribution in [2.24, 2.45) is 11.3 Å². The van der Waals surface area contributed by atoms with Gasteiger partial charge >= 0.3 is 0 Å². The summed E-state index contributed by atoms with van der Waals surface area (Å²) in [7, 11) is 0. The second-order valence-corrected chi connectivity index (χ2v) is 10.4. The Hall–Kier alpha value is -0.650. The summed E-state index contributed by atoms with van der Waals surface area (Å²) in [6.07, 6.45) is 7.75. The van der Waals surface area contributed by atoms with Gasteiger partial charge in [-0.25, -0.2) is 0 Å². The van der Waals surface area contributed by atoms with E-state index in [-0.39, 0.29) is 0 Å². The molecule has 1 amide bonds. The number of hydrogen-bond acceptors (Lipinski definition) is 4. The first-order valence-electron chi connectivity index (χ1n) is 11.8. The Labute approximate surface area is 173 Å². The van der Waals surface area contributed by atoms with E-state index in [0.29, 0.717) is 30.0 Å². The van der Waals surface area contributed by atoms with Crippen LogP contribution >= 0.6 is 0 Å². The number of piperidine rings is 1. The molecule has 2 aliphatic heterocycles. The molecule has 5 nitrogen and oxygen atoms in total. The molecule has 0 aromatic carbocycles. The third kappa shape index (κ3) is 6.17. The molecule has 5 heteroatoms. The largest absolute Gasteiger partial charge is 0.342 e. The average molecular weight is 393 g/mol. The van der Waals surface area contributed by atoms with E-state index in [0.717, 1.165) is 45.2 Å². The molecule has 28 heavy (non-hydrogen) atoms. The van der Waals surface area contributed by atoms with Crippen LogP contribution in [0.1, 0.15) is 66.2 Å². The molecule has 1 N–H and O–H groups in total. The lowest BCUT2D eigenvalue weighted by Gasteiger charge is -2.46. The van der Waals surface area contributed by atoms with Crippen LogP contribution in [0.15, 0.2) is 0 Å². The van der Waals surface area contributed by atoms with E-state index < -0.39 is 0 Å². The van der Waals surface area contributed by atoms with Gasteiger partial charge in [-0.15, -0.1) is 0 Å². The van der Waals surface area contributed by atoms with Crippen molar-refractivity contribution in [2.45, 2.75) is 78.3 Å². The SMILES string of the molecule is CC(C)CN1CCN(CC(=O)N2CCC3(CCC(NC(C)C)CC3)CC2)CC1. The molecule has 1 spiro atoms. The van der Waals surface area contributed by atoms with E-state index in [4.69, 9.17) is 0 Å². The smallest absolute Gasteiger partial charge is 0.236 e. The van der Waals surface area contributed by atoms with Crippen LogP contribution in [0.4, 0.5) is 0 Å². The minimum atomic E-state index is 0.363. The molecule has 0 radical (unpaired) electrons. The summed E-state index contributed by atoms with van der Waals surface area (Å²) < 4.78 is 0. The fourth-order valence-corrected chi connectivity index (χ4v) is 5.54. The van der Waals surface area contributed by atoms with Crippen molar-refractivity contribution in [1.82, 2.24) is 20.0 Å². The fourth-order valence-electron chi connectivity index (χ4n) is 5.54. The molecule has 1 aliphatic carbocycles. The highest BCUT2D eigenvalue weighted by molar-refractivity contribution is 5.78. The van der Waals surface area contributed by atoms with Gasteiger partial charge in [0.1, 0.15) is 0 Å². The van der Waals surface area contributed by atoms with Gasteiger partial charge in [0, 0.05) is 57.9 Å². The maximum atomic E-state index is 12.8. The van der Waals surface area contributed by atoms with Crippen LogP contribution in [0.3, 0.4) is 0 Å². The average Bonchev–Trinajstić information content (AvgIpc) is 2.65. The van der Waals surface area contributed by atoms with Crippen molar-refractivity contribution >= 4 is 5.91 Å². The Bertz CT molecular complexity index is 481. The van der Waals surface area contributed by atoms with Crippen LogP contribution in [0.25, 0.3) is 0 Å². The van der Waals surface area contributed by atoms with Crippen molar-refractivity contribution in [3.05, 3.63) is 0 Å². The lowest BCUT2D eigenvalue weighted by atomic mass is 9.67. The maximum absolute atomic E-state index is 12.8. The number of rotatable bonds is 6. The monoisotopic (exact) mass is 392 g/mol. The molecule has 2 saturated heterocycles. The second-order valence-electron chi connectivity index (χ2n) is 10.4.